The van der Waals surface area contributed by atoms with Crippen molar-refractivity contribution in [3.63, 3.8) is 0 Å². The summed E-state index contributed by atoms with van der Waals surface area (Å²) in [5.41, 5.74) is 1.89. The minimum atomic E-state index is -0.267. The first-order valence-electron chi connectivity index (χ1n) is 8.85. The first kappa shape index (κ1) is 19.7. The second-order valence-corrected chi connectivity index (χ2v) is 6.96. The van der Waals surface area contributed by atoms with Crippen molar-refractivity contribution in [2.75, 3.05) is 19.0 Å². The maximum atomic E-state index is 12.8. The number of carbonyl (C=O) groups excluding carboxylic acids is 1. The Morgan fingerprint density at radius 2 is 1.93 bits per heavy atom. The van der Waals surface area contributed by atoms with Crippen LogP contribution in [0.5, 0.6) is 17.2 Å². The van der Waals surface area contributed by atoms with Gasteiger partial charge in [0.1, 0.15) is 12.4 Å². The SMILES string of the molecule is CCOc1ccc(NC(=O)c2ccccc2OCc2csc(C)n2)cc1OC. The lowest BCUT2D eigenvalue weighted by molar-refractivity contribution is 0.102. The van der Waals surface area contributed by atoms with E-state index in [1.54, 1.807) is 54.8 Å². The third-order valence-corrected chi connectivity index (χ3v) is 4.72. The molecule has 146 valence electrons. The van der Waals surface area contributed by atoms with Gasteiger partial charge in [-0.05, 0) is 38.1 Å². The number of aromatic nitrogens is 1. The van der Waals surface area contributed by atoms with Crippen molar-refractivity contribution in [2.24, 2.45) is 0 Å². The fourth-order valence-corrected chi connectivity index (χ4v) is 3.22. The number of nitrogens with one attached hydrogen (secondary N) is 1. The quantitative estimate of drug-likeness (QED) is 0.596. The van der Waals surface area contributed by atoms with E-state index in [1.165, 1.54) is 0 Å². The van der Waals surface area contributed by atoms with Crippen molar-refractivity contribution in [2.45, 2.75) is 20.5 Å². The number of benzene rings is 2. The molecule has 3 aromatic rings. The lowest BCUT2D eigenvalue weighted by Crippen LogP contribution is -2.14. The zero-order valence-corrected chi connectivity index (χ0v) is 16.8. The lowest BCUT2D eigenvalue weighted by atomic mass is 10.1. The van der Waals surface area contributed by atoms with E-state index in [-0.39, 0.29) is 5.91 Å². The Kier molecular flexibility index (Phi) is 6.49. The van der Waals surface area contributed by atoms with E-state index < -0.39 is 0 Å². The van der Waals surface area contributed by atoms with Crippen molar-refractivity contribution in [3.8, 4) is 17.2 Å². The molecule has 3 rings (SSSR count). The summed E-state index contributed by atoms with van der Waals surface area (Å²) >= 11 is 1.57. The molecule has 0 fully saturated rings. The highest BCUT2D eigenvalue weighted by Crippen LogP contribution is 2.31. The van der Waals surface area contributed by atoms with E-state index >= 15 is 0 Å². The van der Waals surface area contributed by atoms with Gasteiger partial charge in [-0.15, -0.1) is 11.3 Å². The van der Waals surface area contributed by atoms with Gasteiger partial charge >= 0.3 is 0 Å². The third kappa shape index (κ3) is 4.80. The molecule has 1 amide bonds. The molecule has 0 atom stereocenters. The number of anilines is 1. The summed E-state index contributed by atoms with van der Waals surface area (Å²) in [6.45, 7) is 4.69. The van der Waals surface area contributed by atoms with Crippen LogP contribution < -0.4 is 19.5 Å². The van der Waals surface area contributed by atoms with Crippen molar-refractivity contribution < 1.29 is 19.0 Å². The average molecular weight is 398 g/mol. The van der Waals surface area contributed by atoms with Gasteiger partial charge in [0, 0.05) is 17.1 Å². The van der Waals surface area contributed by atoms with E-state index in [0.717, 1.165) is 10.7 Å². The number of rotatable bonds is 8. The molecule has 0 aliphatic rings. The number of thiazole rings is 1. The molecule has 2 aromatic carbocycles. The maximum absolute atomic E-state index is 12.8. The molecule has 1 aromatic heterocycles. The van der Waals surface area contributed by atoms with Crippen molar-refractivity contribution >= 4 is 22.9 Å². The Labute approximate surface area is 168 Å². The number of hydrogen-bond donors (Lipinski definition) is 1. The van der Waals surface area contributed by atoms with Crippen LogP contribution in [0.1, 0.15) is 28.0 Å². The van der Waals surface area contributed by atoms with Crippen LogP contribution in [0.25, 0.3) is 0 Å². The number of ether oxygens (including phenoxy) is 3. The van der Waals surface area contributed by atoms with Gasteiger partial charge in [0.05, 0.1) is 30.0 Å². The van der Waals surface area contributed by atoms with Crippen molar-refractivity contribution in [1.82, 2.24) is 4.98 Å². The topological polar surface area (TPSA) is 69.7 Å². The van der Waals surface area contributed by atoms with Crippen LogP contribution >= 0.6 is 11.3 Å². The Bertz CT molecular complexity index is 955. The molecule has 0 aliphatic carbocycles. The maximum Gasteiger partial charge on any atom is 0.259 e. The van der Waals surface area contributed by atoms with Crippen LogP contribution in [0.2, 0.25) is 0 Å². The normalized spacial score (nSPS) is 10.4. The number of nitrogens with zero attached hydrogens (tertiary/aromatic N) is 1. The first-order chi connectivity index (χ1) is 13.6. The standard InChI is InChI=1S/C21H22N2O4S/c1-4-26-19-10-9-15(11-20(19)25-3)23-21(24)17-7-5-6-8-18(17)27-12-16-13-28-14(2)22-16/h5-11,13H,4,12H2,1-3H3,(H,23,24). The first-order valence-corrected chi connectivity index (χ1v) is 9.73. The number of aryl methyl sites for hydroxylation is 1. The molecule has 1 heterocycles. The number of para-hydroxylation sites is 1. The number of methoxy groups -OCH3 is 1. The van der Waals surface area contributed by atoms with Crippen molar-refractivity contribution in [1.29, 1.82) is 0 Å². The third-order valence-electron chi connectivity index (χ3n) is 3.90. The highest BCUT2D eigenvalue weighted by atomic mass is 32.1. The van der Waals surface area contributed by atoms with Gasteiger partial charge in [-0.3, -0.25) is 4.79 Å². The molecule has 0 aliphatic heterocycles. The molecule has 0 unspecified atom stereocenters. The van der Waals surface area contributed by atoms with Crippen LogP contribution in [0.4, 0.5) is 5.69 Å². The van der Waals surface area contributed by atoms with E-state index in [2.05, 4.69) is 10.3 Å². The molecule has 0 saturated carbocycles. The van der Waals surface area contributed by atoms with Crippen LogP contribution in [-0.2, 0) is 6.61 Å². The lowest BCUT2D eigenvalue weighted by Gasteiger charge is -2.13. The highest BCUT2D eigenvalue weighted by Gasteiger charge is 2.14. The van der Waals surface area contributed by atoms with Crippen LogP contribution in [0, 0.1) is 6.92 Å². The minimum Gasteiger partial charge on any atom is -0.493 e. The summed E-state index contributed by atoms with van der Waals surface area (Å²) in [5, 5.41) is 5.81. The number of amides is 1. The van der Waals surface area contributed by atoms with E-state index in [1.807, 2.05) is 25.3 Å². The molecule has 0 spiro atoms. The number of hydrogen-bond acceptors (Lipinski definition) is 6. The largest absolute Gasteiger partial charge is 0.493 e. The summed E-state index contributed by atoms with van der Waals surface area (Å²) in [4.78, 5) is 17.2. The van der Waals surface area contributed by atoms with Gasteiger partial charge in [0.15, 0.2) is 11.5 Å². The van der Waals surface area contributed by atoms with Gasteiger partial charge in [-0.1, -0.05) is 12.1 Å². The van der Waals surface area contributed by atoms with Crippen LogP contribution in [0.15, 0.2) is 47.8 Å². The predicted molar refractivity (Wildman–Crippen MR) is 110 cm³/mol. The Morgan fingerprint density at radius 3 is 2.64 bits per heavy atom. The minimum absolute atomic E-state index is 0.267. The smallest absolute Gasteiger partial charge is 0.259 e. The second kappa shape index (κ2) is 9.23. The van der Waals surface area contributed by atoms with Crippen LogP contribution in [-0.4, -0.2) is 24.6 Å². The van der Waals surface area contributed by atoms with Gasteiger partial charge in [0.25, 0.3) is 5.91 Å². The summed E-state index contributed by atoms with van der Waals surface area (Å²) in [7, 11) is 1.56. The summed E-state index contributed by atoms with van der Waals surface area (Å²) in [5.74, 6) is 1.42. The van der Waals surface area contributed by atoms with E-state index in [0.29, 0.717) is 41.7 Å². The van der Waals surface area contributed by atoms with Gasteiger partial charge in [0.2, 0.25) is 0 Å². The Balaban J connectivity index is 1.74. The summed E-state index contributed by atoms with van der Waals surface area (Å²) < 4.78 is 16.7. The summed E-state index contributed by atoms with van der Waals surface area (Å²) in [6, 6.07) is 12.4. The monoisotopic (exact) mass is 398 g/mol. The molecule has 28 heavy (non-hydrogen) atoms. The fourth-order valence-electron chi connectivity index (χ4n) is 2.62. The summed E-state index contributed by atoms with van der Waals surface area (Å²) in [6.07, 6.45) is 0. The van der Waals surface area contributed by atoms with Gasteiger partial charge in [-0.25, -0.2) is 4.98 Å². The number of carbonyl (C=O) groups is 1. The highest BCUT2D eigenvalue weighted by molar-refractivity contribution is 7.09. The van der Waals surface area contributed by atoms with Gasteiger partial charge in [-0.2, -0.15) is 0 Å². The predicted octanol–water partition coefficient (Wildman–Crippen LogP) is 4.69. The van der Waals surface area contributed by atoms with Crippen LogP contribution in [0.3, 0.4) is 0 Å². The molecule has 0 saturated heterocycles. The molecular weight excluding hydrogens is 376 g/mol. The molecule has 1 N–H and O–H groups in total. The van der Waals surface area contributed by atoms with E-state index in [4.69, 9.17) is 14.2 Å². The molecular formula is C21H22N2O4S. The average Bonchev–Trinajstić information content (AvgIpc) is 3.13. The molecule has 7 heteroatoms. The van der Waals surface area contributed by atoms with Gasteiger partial charge < -0.3 is 19.5 Å². The zero-order valence-electron chi connectivity index (χ0n) is 16.0. The Morgan fingerprint density at radius 1 is 1.11 bits per heavy atom. The zero-order chi connectivity index (χ0) is 19.9. The Hall–Kier alpha value is -3.06. The molecule has 6 nitrogen and oxygen atoms in total. The fraction of sp³-hybridized carbons (Fsp3) is 0.238. The van der Waals surface area contributed by atoms with E-state index in [9.17, 15) is 4.79 Å². The van der Waals surface area contributed by atoms with Crippen molar-refractivity contribution in [3.05, 3.63) is 64.1 Å². The molecule has 0 radical (unpaired) electrons. The second-order valence-electron chi connectivity index (χ2n) is 5.90. The molecule has 0 bridgehead atoms.